The second-order valence-electron chi connectivity index (χ2n) is 5.92. The predicted molar refractivity (Wildman–Crippen MR) is 104 cm³/mol. The summed E-state index contributed by atoms with van der Waals surface area (Å²) in [4.78, 5) is 34.9. The normalized spacial score (nSPS) is 11.0. The highest BCUT2D eigenvalue weighted by atomic mass is 32.2. The van der Waals surface area contributed by atoms with E-state index >= 15 is 0 Å². The first-order valence-corrected chi connectivity index (χ1v) is 9.97. The van der Waals surface area contributed by atoms with E-state index in [2.05, 4.69) is 9.97 Å². The highest BCUT2D eigenvalue weighted by Crippen LogP contribution is 2.35. The molecule has 0 unspecified atom stereocenters. The molecule has 2 heterocycles. The number of nitrogens with zero attached hydrogens (tertiary/aromatic N) is 2. The van der Waals surface area contributed by atoms with Crippen LogP contribution in [0, 0.1) is 26.6 Å². The van der Waals surface area contributed by atoms with Crippen molar-refractivity contribution >= 4 is 45.1 Å². The molecule has 0 radical (unpaired) electrons. The third-order valence-electron chi connectivity index (χ3n) is 3.94. The fraction of sp³-hybridized carbons (Fsp3) is 0.263. The van der Waals surface area contributed by atoms with Crippen LogP contribution in [0.3, 0.4) is 0 Å². The van der Waals surface area contributed by atoms with Gasteiger partial charge in [0.25, 0.3) is 0 Å². The van der Waals surface area contributed by atoms with Gasteiger partial charge in [-0.2, -0.15) is 0 Å². The molecule has 3 aromatic rings. The van der Waals surface area contributed by atoms with Gasteiger partial charge in [-0.3, -0.25) is 9.59 Å². The van der Waals surface area contributed by atoms with Gasteiger partial charge < -0.3 is 4.74 Å². The summed E-state index contributed by atoms with van der Waals surface area (Å²) < 4.78 is 18.2. The largest absolute Gasteiger partial charge is 0.457 e. The summed E-state index contributed by atoms with van der Waals surface area (Å²) >= 11 is 2.86. The molecular formula is C19H17FN2O3S2. The van der Waals surface area contributed by atoms with Crippen LogP contribution in [-0.4, -0.2) is 34.1 Å². The maximum Gasteiger partial charge on any atom is 0.316 e. The molecule has 140 valence electrons. The molecule has 0 aliphatic heterocycles. The third kappa shape index (κ3) is 4.51. The lowest BCUT2D eigenvalue weighted by Crippen LogP contribution is -2.15. The van der Waals surface area contributed by atoms with E-state index in [1.165, 1.54) is 30.0 Å². The zero-order chi connectivity index (χ0) is 19.6. The number of halogens is 1. The van der Waals surface area contributed by atoms with Crippen molar-refractivity contribution in [1.29, 1.82) is 0 Å². The number of fused-ring (bicyclic) bond motifs is 1. The van der Waals surface area contributed by atoms with Crippen molar-refractivity contribution in [2.24, 2.45) is 0 Å². The van der Waals surface area contributed by atoms with Crippen LogP contribution in [0.5, 0.6) is 0 Å². The van der Waals surface area contributed by atoms with Gasteiger partial charge in [-0.25, -0.2) is 14.4 Å². The molecule has 0 aliphatic carbocycles. The van der Waals surface area contributed by atoms with Crippen LogP contribution >= 0.6 is 23.1 Å². The van der Waals surface area contributed by atoms with Gasteiger partial charge >= 0.3 is 5.97 Å². The molecule has 0 atom stereocenters. The number of aromatic nitrogens is 2. The average Bonchev–Trinajstić information content (AvgIpc) is 2.91. The molecule has 0 amide bonds. The molecule has 5 nitrogen and oxygen atoms in total. The SMILES string of the molecule is Cc1nc(SCC(=O)OCC(=O)c2cccc(F)c2)c2c(C)c(C)sc2n1. The van der Waals surface area contributed by atoms with Crippen LogP contribution in [0.2, 0.25) is 0 Å². The number of benzene rings is 1. The summed E-state index contributed by atoms with van der Waals surface area (Å²) in [7, 11) is 0. The Labute approximate surface area is 164 Å². The number of ether oxygens (including phenoxy) is 1. The number of hydrogen-bond donors (Lipinski definition) is 0. The zero-order valence-electron chi connectivity index (χ0n) is 15.0. The molecule has 27 heavy (non-hydrogen) atoms. The van der Waals surface area contributed by atoms with E-state index in [1.54, 1.807) is 11.3 Å². The molecule has 0 aliphatic rings. The highest BCUT2D eigenvalue weighted by Gasteiger charge is 2.16. The van der Waals surface area contributed by atoms with Crippen molar-refractivity contribution in [2.45, 2.75) is 25.8 Å². The lowest BCUT2D eigenvalue weighted by atomic mass is 10.1. The Morgan fingerprint density at radius 3 is 2.74 bits per heavy atom. The van der Waals surface area contributed by atoms with Crippen LogP contribution in [0.15, 0.2) is 29.3 Å². The Kier molecular flexibility index (Phi) is 5.86. The van der Waals surface area contributed by atoms with Gasteiger partial charge in [0.2, 0.25) is 0 Å². The van der Waals surface area contributed by atoms with Gasteiger partial charge in [0.05, 0.1) is 5.75 Å². The van der Waals surface area contributed by atoms with Crippen molar-refractivity contribution in [3.63, 3.8) is 0 Å². The third-order valence-corrected chi connectivity index (χ3v) is 5.99. The molecule has 0 N–H and O–H groups in total. The summed E-state index contributed by atoms with van der Waals surface area (Å²) in [6, 6.07) is 5.29. The second-order valence-corrected chi connectivity index (χ2v) is 8.09. The molecule has 0 spiro atoms. The number of carbonyl (C=O) groups is 2. The van der Waals surface area contributed by atoms with E-state index in [0.29, 0.717) is 5.82 Å². The number of thiophene rings is 1. The molecule has 0 saturated heterocycles. The minimum Gasteiger partial charge on any atom is -0.457 e. The van der Waals surface area contributed by atoms with Crippen molar-refractivity contribution < 1.29 is 18.7 Å². The van der Waals surface area contributed by atoms with Crippen LogP contribution in [0.4, 0.5) is 4.39 Å². The number of aryl methyl sites for hydroxylation is 3. The van der Waals surface area contributed by atoms with E-state index in [1.807, 2.05) is 20.8 Å². The molecule has 0 saturated carbocycles. The second kappa shape index (κ2) is 8.14. The monoisotopic (exact) mass is 404 g/mol. The maximum atomic E-state index is 13.2. The fourth-order valence-electron chi connectivity index (χ4n) is 2.48. The van der Waals surface area contributed by atoms with Gasteiger partial charge in [-0.15, -0.1) is 11.3 Å². The number of Topliss-reactive ketones (excluding diaryl/α,β-unsaturated/α-hetero) is 1. The van der Waals surface area contributed by atoms with E-state index in [9.17, 15) is 14.0 Å². The first kappa shape index (κ1) is 19.4. The standard InChI is InChI=1S/C19H17FN2O3S2/c1-10-11(2)27-19-17(10)18(21-12(3)22-19)26-9-16(24)25-8-15(23)13-5-4-6-14(20)7-13/h4-7H,8-9H2,1-3H3. The Balaban J connectivity index is 1.63. The number of rotatable bonds is 6. The molecule has 3 rings (SSSR count). The number of carbonyl (C=O) groups excluding carboxylic acids is 2. The summed E-state index contributed by atoms with van der Waals surface area (Å²) in [5, 5.41) is 1.68. The minimum absolute atomic E-state index is 0.0241. The first-order chi connectivity index (χ1) is 12.8. The lowest BCUT2D eigenvalue weighted by molar-refractivity contribution is -0.139. The van der Waals surface area contributed by atoms with Crippen molar-refractivity contribution in [3.8, 4) is 0 Å². The van der Waals surface area contributed by atoms with Crippen LogP contribution in [0.1, 0.15) is 26.6 Å². The Bertz CT molecular complexity index is 1030. The van der Waals surface area contributed by atoms with Crippen molar-refractivity contribution in [3.05, 3.63) is 51.9 Å². The fourth-order valence-corrected chi connectivity index (χ4v) is 4.55. The number of ketones is 1. The molecule has 0 bridgehead atoms. The lowest BCUT2D eigenvalue weighted by Gasteiger charge is -2.06. The number of thioether (sulfide) groups is 1. The van der Waals surface area contributed by atoms with Gasteiger partial charge in [0, 0.05) is 15.8 Å². The van der Waals surface area contributed by atoms with E-state index in [-0.39, 0.29) is 11.3 Å². The smallest absolute Gasteiger partial charge is 0.316 e. The number of hydrogen-bond acceptors (Lipinski definition) is 7. The molecule has 0 fully saturated rings. The van der Waals surface area contributed by atoms with E-state index in [4.69, 9.17) is 4.74 Å². The Hall–Kier alpha value is -2.32. The number of esters is 1. The average molecular weight is 404 g/mol. The Morgan fingerprint density at radius 2 is 2.00 bits per heavy atom. The summed E-state index contributed by atoms with van der Waals surface area (Å²) in [5.74, 6) is -0.819. The minimum atomic E-state index is -0.529. The topological polar surface area (TPSA) is 69.2 Å². The van der Waals surface area contributed by atoms with Crippen LogP contribution in [-0.2, 0) is 9.53 Å². The van der Waals surface area contributed by atoms with Crippen LogP contribution < -0.4 is 0 Å². The summed E-state index contributed by atoms with van der Waals surface area (Å²) in [6.45, 7) is 5.42. The molecule has 2 aromatic heterocycles. The van der Waals surface area contributed by atoms with Gasteiger partial charge in [0.1, 0.15) is 21.5 Å². The van der Waals surface area contributed by atoms with Gasteiger partial charge in [0.15, 0.2) is 12.4 Å². The molecule has 8 heteroatoms. The van der Waals surface area contributed by atoms with E-state index in [0.717, 1.165) is 31.7 Å². The quantitative estimate of drug-likeness (QED) is 0.264. The maximum absolute atomic E-state index is 13.2. The zero-order valence-corrected chi connectivity index (χ0v) is 16.7. The predicted octanol–water partition coefficient (Wildman–Crippen LogP) is 4.27. The molecular weight excluding hydrogens is 387 g/mol. The summed E-state index contributed by atoms with van der Waals surface area (Å²) in [5.41, 5.74) is 1.28. The van der Waals surface area contributed by atoms with E-state index < -0.39 is 24.2 Å². The van der Waals surface area contributed by atoms with Crippen molar-refractivity contribution in [2.75, 3.05) is 12.4 Å². The first-order valence-electron chi connectivity index (χ1n) is 8.16. The highest BCUT2D eigenvalue weighted by molar-refractivity contribution is 8.00. The van der Waals surface area contributed by atoms with Gasteiger partial charge in [-0.05, 0) is 38.5 Å². The molecule has 1 aromatic carbocycles. The summed E-state index contributed by atoms with van der Waals surface area (Å²) in [6.07, 6.45) is 0. The van der Waals surface area contributed by atoms with Gasteiger partial charge in [-0.1, -0.05) is 23.9 Å². The Morgan fingerprint density at radius 1 is 1.22 bits per heavy atom. The van der Waals surface area contributed by atoms with Crippen LogP contribution in [0.25, 0.3) is 10.2 Å². The van der Waals surface area contributed by atoms with Crippen molar-refractivity contribution in [1.82, 2.24) is 9.97 Å².